The molecule has 0 saturated heterocycles. The number of ether oxygens (including phenoxy) is 2. The Morgan fingerprint density at radius 3 is 2.58 bits per heavy atom. The van der Waals surface area contributed by atoms with Gasteiger partial charge in [-0.1, -0.05) is 23.2 Å². The van der Waals surface area contributed by atoms with Crippen LogP contribution in [-0.4, -0.2) is 18.6 Å². The van der Waals surface area contributed by atoms with Gasteiger partial charge in [-0.3, -0.25) is 4.79 Å². The Morgan fingerprint density at radius 2 is 1.88 bits per heavy atom. The molecule has 26 heavy (non-hydrogen) atoms. The lowest BCUT2D eigenvalue weighted by molar-refractivity contribution is 0.102. The highest BCUT2D eigenvalue weighted by atomic mass is 35.5. The van der Waals surface area contributed by atoms with Crippen LogP contribution in [0.15, 0.2) is 36.4 Å². The normalized spacial score (nSPS) is 14.3. The monoisotopic (exact) mass is 393 g/mol. The van der Waals surface area contributed by atoms with E-state index >= 15 is 0 Å². The SMILES string of the molecule is CCOc1ccc(C(=O)Nc2ccc(Cl)cc2Cl)cc1OC1CCCC1. The second-order valence-corrected chi connectivity index (χ2v) is 7.04. The van der Waals surface area contributed by atoms with Gasteiger partial charge in [-0.15, -0.1) is 0 Å². The molecular weight excluding hydrogens is 373 g/mol. The molecule has 0 radical (unpaired) electrons. The second kappa shape index (κ2) is 8.65. The molecule has 4 nitrogen and oxygen atoms in total. The van der Waals surface area contributed by atoms with Crippen LogP contribution in [0, 0.1) is 0 Å². The number of carbonyl (C=O) groups is 1. The molecule has 138 valence electrons. The number of benzene rings is 2. The zero-order chi connectivity index (χ0) is 18.5. The highest BCUT2D eigenvalue weighted by molar-refractivity contribution is 6.36. The minimum Gasteiger partial charge on any atom is -0.490 e. The number of hydrogen-bond donors (Lipinski definition) is 1. The number of halogens is 2. The van der Waals surface area contributed by atoms with Crippen molar-refractivity contribution in [2.24, 2.45) is 0 Å². The van der Waals surface area contributed by atoms with Crippen LogP contribution >= 0.6 is 23.2 Å². The first-order valence-corrected chi connectivity index (χ1v) is 9.52. The lowest BCUT2D eigenvalue weighted by Crippen LogP contribution is -2.15. The van der Waals surface area contributed by atoms with E-state index < -0.39 is 0 Å². The summed E-state index contributed by atoms with van der Waals surface area (Å²) in [6.07, 6.45) is 4.58. The number of anilines is 1. The molecule has 2 aromatic carbocycles. The summed E-state index contributed by atoms with van der Waals surface area (Å²) in [5.74, 6) is 0.989. The Bertz CT molecular complexity index is 789. The van der Waals surface area contributed by atoms with Crippen LogP contribution in [0.25, 0.3) is 0 Å². The third-order valence-electron chi connectivity index (χ3n) is 4.28. The van der Waals surface area contributed by atoms with Crippen molar-refractivity contribution in [1.29, 1.82) is 0 Å². The lowest BCUT2D eigenvalue weighted by Gasteiger charge is -2.17. The predicted molar refractivity (Wildman–Crippen MR) is 105 cm³/mol. The van der Waals surface area contributed by atoms with Gasteiger partial charge >= 0.3 is 0 Å². The summed E-state index contributed by atoms with van der Waals surface area (Å²) in [4.78, 5) is 12.6. The zero-order valence-corrected chi connectivity index (χ0v) is 16.1. The van der Waals surface area contributed by atoms with Gasteiger partial charge in [-0.25, -0.2) is 0 Å². The highest BCUT2D eigenvalue weighted by Crippen LogP contribution is 2.33. The van der Waals surface area contributed by atoms with Crippen molar-refractivity contribution in [3.05, 3.63) is 52.0 Å². The fourth-order valence-corrected chi connectivity index (χ4v) is 3.44. The topological polar surface area (TPSA) is 47.6 Å². The molecule has 1 aliphatic rings. The Labute approximate surface area is 163 Å². The molecule has 1 N–H and O–H groups in total. The molecule has 1 amide bonds. The van der Waals surface area contributed by atoms with E-state index in [0.717, 1.165) is 12.8 Å². The van der Waals surface area contributed by atoms with E-state index in [0.29, 0.717) is 39.4 Å². The molecule has 0 heterocycles. The van der Waals surface area contributed by atoms with Gasteiger partial charge in [0.25, 0.3) is 5.91 Å². The first-order chi connectivity index (χ1) is 12.6. The summed E-state index contributed by atoms with van der Waals surface area (Å²) in [7, 11) is 0. The summed E-state index contributed by atoms with van der Waals surface area (Å²) in [5.41, 5.74) is 0.987. The molecule has 1 aliphatic carbocycles. The largest absolute Gasteiger partial charge is 0.490 e. The molecule has 1 saturated carbocycles. The van der Waals surface area contributed by atoms with E-state index in [1.807, 2.05) is 6.92 Å². The van der Waals surface area contributed by atoms with E-state index in [2.05, 4.69) is 5.32 Å². The van der Waals surface area contributed by atoms with Gasteiger partial charge in [-0.05, 0) is 69.0 Å². The van der Waals surface area contributed by atoms with Gasteiger partial charge in [-0.2, -0.15) is 0 Å². The number of nitrogens with one attached hydrogen (secondary N) is 1. The summed E-state index contributed by atoms with van der Waals surface area (Å²) in [5, 5.41) is 3.70. The molecular formula is C20H21Cl2NO3. The molecule has 0 bridgehead atoms. The van der Waals surface area contributed by atoms with Crippen molar-refractivity contribution >= 4 is 34.8 Å². The van der Waals surface area contributed by atoms with Crippen LogP contribution in [0.1, 0.15) is 43.0 Å². The molecule has 1 fully saturated rings. The second-order valence-electron chi connectivity index (χ2n) is 6.20. The van der Waals surface area contributed by atoms with Gasteiger partial charge in [0.15, 0.2) is 11.5 Å². The first-order valence-electron chi connectivity index (χ1n) is 8.76. The number of hydrogen-bond acceptors (Lipinski definition) is 3. The maximum atomic E-state index is 12.6. The summed E-state index contributed by atoms with van der Waals surface area (Å²) in [6, 6.07) is 10.1. The van der Waals surface area contributed by atoms with Crippen molar-refractivity contribution < 1.29 is 14.3 Å². The first kappa shape index (κ1) is 18.9. The van der Waals surface area contributed by atoms with E-state index in [1.54, 1.807) is 36.4 Å². The van der Waals surface area contributed by atoms with Crippen molar-refractivity contribution in [1.82, 2.24) is 0 Å². The standard InChI is InChI=1S/C20H21Cl2NO3/c1-2-25-18-10-7-13(11-19(18)26-15-5-3-4-6-15)20(24)23-17-9-8-14(21)12-16(17)22/h7-12,15H,2-6H2,1H3,(H,23,24). The molecule has 2 aromatic rings. The Balaban J connectivity index is 1.80. The minimum atomic E-state index is -0.270. The van der Waals surface area contributed by atoms with Crippen LogP contribution in [0.3, 0.4) is 0 Å². The minimum absolute atomic E-state index is 0.179. The van der Waals surface area contributed by atoms with Crippen molar-refractivity contribution in [3.63, 3.8) is 0 Å². The third kappa shape index (κ3) is 4.63. The Morgan fingerprint density at radius 1 is 1.12 bits per heavy atom. The van der Waals surface area contributed by atoms with Crippen LogP contribution in [0.4, 0.5) is 5.69 Å². The van der Waals surface area contributed by atoms with Gasteiger partial charge in [0.2, 0.25) is 0 Å². The fourth-order valence-electron chi connectivity index (χ4n) is 2.99. The lowest BCUT2D eigenvalue weighted by atomic mass is 10.1. The Kier molecular flexibility index (Phi) is 6.28. The predicted octanol–water partition coefficient (Wildman–Crippen LogP) is 5.97. The van der Waals surface area contributed by atoms with Gasteiger partial charge in [0.05, 0.1) is 23.4 Å². The zero-order valence-electron chi connectivity index (χ0n) is 14.6. The molecule has 3 rings (SSSR count). The summed E-state index contributed by atoms with van der Waals surface area (Å²) >= 11 is 12.0. The average molecular weight is 394 g/mol. The number of carbonyl (C=O) groups excluding carboxylic acids is 1. The molecule has 0 unspecified atom stereocenters. The molecule has 0 aromatic heterocycles. The summed E-state index contributed by atoms with van der Waals surface area (Å²) < 4.78 is 11.7. The molecule has 0 aliphatic heterocycles. The van der Waals surface area contributed by atoms with Crippen molar-refractivity contribution in [2.75, 3.05) is 11.9 Å². The van der Waals surface area contributed by atoms with E-state index in [-0.39, 0.29) is 12.0 Å². The molecule has 0 spiro atoms. The average Bonchev–Trinajstić information content (AvgIpc) is 3.12. The smallest absolute Gasteiger partial charge is 0.255 e. The number of amides is 1. The molecule has 6 heteroatoms. The highest BCUT2D eigenvalue weighted by Gasteiger charge is 2.20. The van der Waals surface area contributed by atoms with Crippen molar-refractivity contribution in [3.8, 4) is 11.5 Å². The van der Waals surface area contributed by atoms with Crippen LogP contribution in [0.2, 0.25) is 10.0 Å². The fraction of sp³-hybridized carbons (Fsp3) is 0.350. The third-order valence-corrected chi connectivity index (χ3v) is 4.83. The van der Waals surface area contributed by atoms with E-state index in [1.165, 1.54) is 12.8 Å². The number of rotatable bonds is 6. The van der Waals surface area contributed by atoms with Gasteiger partial charge < -0.3 is 14.8 Å². The maximum Gasteiger partial charge on any atom is 0.255 e. The molecule has 0 atom stereocenters. The van der Waals surface area contributed by atoms with E-state index in [9.17, 15) is 4.79 Å². The van der Waals surface area contributed by atoms with Crippen LogP contribution in [-0.2, 0) is 0 Å². The van der Waals surface area contributed by atoms with Gasteiger partial charge in [0, 0.05) is 10.6 Å². The Hall–Kier alpha value is -1.91. The van der Waals surface area contributed by atoms with E-state index in [4.69, 9.17) is 32.7 Å². The summed E-state index contributed by atoms with van der Waals surface area (Å²) in [6.45, 7) is 2.45. The van der Waals surface area contributed by atoms with Gasteiger partial charge in [0.1, 0.15) is 0 Å². The quantitative estimate of drug-likeness (QED) is 0.657. The van der Waals surface area contributed by atoms with Crippen LogP contribution in [0.5, 0.6) is 11.5 Å². The van der Waals surface area contributed by atoms with Crippen molar-refractivity contribution in [2.45, 2.75) is 38.7 Å². The maximum absolute atomic E-state index is 12.6. The van der Waals surface area contributed by atoms with Crippen LogP contribution < -0.4 is 14.8 Å².